The van der Waals surface area contributed by atoms with Crippen molar-refractivity contribution >= 4 is 0 Å². The van der Waals surface area contributed by atoms with Crippen LogP contribution in [0.15, 0.2) is 18.2 Å². The zero-order valence-electron chi connectivity index (χ0n) is 9.59. The number of benzene rings is 1. The van der Waals surface area contributed by atoms with Gasteiger partial charge in [0.1, 0.15) is 11.6 Å². The van der Waals surface area contributed by atoms with Gasteiger partial charge in [-0.1, -0.05) is 13.0 Å². The topological polar surface area (TPSA) is 47.3 Å². The molecule has 1 fully saturated rings. The summed E-state index contributed by atoms with van der Waals surface area (Å²) >= 11 is 0. The van der Waals surface area contributed by atoms with Crippen LogP contribution in [0, 0.1) is 11.2 Å². The van der Waals surface area contributed by atoms with Crippen molar-refractivity contribution in [2.45, 2.75) is 25.8 Å². The second-order valence-electron chi connectivity index (χ2n) is 4.64. The molecule has 1 aliphatic carbocycles. The molecule has 1 unspecified atom stereocenters. The first-order valence-corrected chi connectivity index (χ1v) is 5.40. The molecule has 0 aliphatic heterocycles. The zero-order valence-corrected chi connectivity index (χ0v) is 9.59. The highest BCUT2D eigenvalue weighted by Crippen LogP contribution is 2.54. The monoisotopic (exact) mass is 224 g/mol. The van der Waals surface area contributed by atoms with E-state index in [1.165, 1.54) is 13.2 Å². The van der Waals surface area contributed by atoms with Crippen molar-refractivity contribution in [3.8, 4) is 5.75 Å². The summed E-state index contributed by atoms with van der Waals surface area (Å²) in [6.07, 6.45) is 2.15. The SMILES string of the molecule is COc1ccc(C(NN)C2(C)CC2)c(F)c1. The van der Waals surface area contributed by atoms with Gasteiger partial charge in [-0.2, -0.15) is 0 Å². The molecule has 0 bridgehead atoms. The van der Waals surface area contributed by atoms with Gasteiger partial charge in [0.15, 0.2) is 0 Å². The number of nitrogens with one attached hydrogen (secondary N) is 1. The highest BCUT2D eigenvalue weighted by molar-refractivity contribution is 5.32. The molecule has 4 heteroatoms. The van der Waals surface area contributed by atoms with E-state index in [0.29, 0.717) is 11.3 Å². The lowest BCUT2D eigenvalue weighted by atomic mass is 9.92. The van der Waals surface area contributed by atoms with Crippen LogP contribution < -0.4 is 16.0 Å². The molecule has 88 valence electrons. The van der Waals surface area contributed by atoms with E-state index in [0.717, 1.165) is 12.8 Å². The van der Waals surface area contributed by atoms with Crippen molar-refractivity contribution in [1.29, 1.82) is 0 Å². The first kappa shape index (κ1) is 11.4. The number of nitrogens with two attached hydrogens (primary N) is 1. The Labute approximate surface area is 94.8 Å². The Morgan fingerprint density at radius 2 is 2.19 bits per heavy atom. The van der Waals surface area contributed by atoms with Crippen LogP contribution in [0.25, 0.3) is 0 Å². The van der Waals surface area contributed by atoms with Crippen LogP contribution in [0.2, 0.25) is 0 Å². The fraction of sp³-hybridized carbons (Fsp3) is 0.500. The zero-order chi connectivity index (χ0) is 11.8. The summed E-state index contributed by atoms with van der Waals surface area (Å²) in [6, 6.07) is 4.76. The minimum absolute atomic E-state index is 0.0875. The van der Waals surface area contributed by atoms with Crippen LogP contribution in [-0.4, -0.2) is 7.11 Å². The third kappa shape index (κ3) is 1.90. The molecule has 3 N–H and O–H groups in total. The molecule has 1 aliphatic rings. The Morgan fingerprint density at radius 1 is 1.50 bits per heavy atom. The highest BCUT2D eigenvalue weighted by atomic mass is 19.1. The van der Waals surface area contributed by atoms with E-state index in [1.54, 1.807) is 12.1 Å². The average molecular weight is 224 g/mol. The second-order valence-corrected chi connectivity index (χ2v) is 4.64. The summed E-state index contributed by atoms with van der Waals surface area (Å²) in [4.78, 5) is 0. The van der Waals surface area contributed by atoms with E-state index in [-0.39, 0.29) is 17.3 Å². The lowest BCUT2D eigenvalue weighted by Gasteiger charge is -2.23. The molecule has 1 aromatic carbocycles. The average Bonchev–Trinajstić information content (AvgIpc) is 3.00. The van der Waals surface area contributed by atoms with Crippen LogP contribution >= 0.6 is 0 Å². The summed E-state index contributed by atoms with van der Waals surface area (Å²) in [7, 11) is 1.52. The summed E-state index contributed by atoms with van der Waals surface area (Å²) in [5.74, 6) is 5.78. The number of hydrazine groups is 1. The minimum Gasteiger partial charge on any atom is -0.497 e. The van der Waals surface area contributed by atoms with Gasteiger partial charge in [-0.05, 0) is 24.3 Å². The number of methoxy groups -OCH3 is 1. The molecule has 0 amide bonds. The van der Waals surface area contributed by atoms with Gasteiger partial charge in [0.05, 0.1) is 13.2 Å². The Bertz CT molecular complexity index is 391. The molecule has 1 aromatic rings. The predicted molar refractivity (Wildman–Crippen MR) is 60.4 cm³/mol. The van der Waals surface area contributed by atoms with Crippen LogP contribution in [0.1, 0.15) is 31.4 Å². The summed E-state index contributed by atoms with van der Waals surface area (Å²) < 4.78 is 18.8. The third-order valence-corrected chi connectivity index (χ3v) is 3.42. The van der Waals surface area contributed by atoms with Gasteiger partial charge >= 0.3 is 0 Å². The van der Waals surface area contributed by atoms with Crippen molar-refractivity contribution in [3.05, 3.63) is 29.6 Å². The van der Waals surface area contributed by atoms with Crippen molar-refractivity contribution in [3.63, 3.8) is 0 Å². The van der Waals surface area contributed by atoms with E-state index in [1.807, 2.05) is 0 Å². The van der Waals surface area contributed by atoms with Crippen LogP contribution in [0.5, 0.6) is 5.75 Å². The fourth-order valence-electron chi connectivity index (χ4n) is 2.02. The first-order chi connectivity index (χ1) is 7.60. The number of rotatable bonds is 4. The van der Waals surface area contributed by atoms with Crippen molar-refractivity contribution in [2.24, 2.45) is 11.3 Å². The molecule has 3 nitrogen and oxygen atoms in total. The van der Waals surface area contributed by atoms with Crippen molar-refractivity contribution in [2.75, 3.05) is 7.11 Å². The van der Waals surface area contributed by atoms with Crippen LogP contribution in [-0.2, 0) is 0 Å². The quantitative estimate of drug-likeness (QED) is 0.608. The molecule has 0 saturated heterocycles. The predicted octanol–water partition coefficient (Wildman–Crippen LogP) is 2.14. The molecule has 0 spiro atoms. The first-order valence-electron chi connectivity index (χ1n) is 5.40. The standard InChI is InChI=1S/C12H17FN2O/c1-12(5-6-12)11(15-14)9-4-3-8(16-2)7-10(9)13/h3-4,7,11,15H,5-6,14H2,1-2H3. The van der Waals surface area contributed by atoms with Gasteiger partial charge in [-0.3, -0.25) is 11.3 Å². The molecule has 1 saturated carbocycles. The summed E-state index contributed by atoms with van der Waals surface area (Å²) in [5.41, 5.74) is 3.42. The van der Waals surface area contributed by atoms with E-state index in [9.17, 15) is 4.39 Å². The molecule has 0 aromatic heterocycles. The normalized spacial score (nSPS) is 19.2. The Kier molecular flexibility index (Phi) is 2.86. The van der Waals surface area contributed by atoms with Gasteiger partial charge in [0, 0.05) is 11.6 Å². The molecular formula is C12H17FN2O. The van der Waals surface area contributed by atoms with Gasteiger partial charge in [0.2, 0.25) is 0 Å². The summed E-state index contributed by atoms with van der Waals surface area (Å²) in [6.45, 7) is 2.11. The Morgan fingerprint density at radius 3 is 2.62 bits per heavy atom. The second kappa shape index (κ2) is 4.03. The molecule has 2 rings (SSSR count). The van der Waals surface area contributed by atoms with Gasteiger partial charge in [-0.25, -0.2) is 4.39 Å². The van der Waals surface area contributed by atoms with Crippen molar-refractivity contribution < 1.29 is 9.13 Å². The third-order valence-electron chi connectivity index (χ3n) is 3.42. The lowest BCUT2D eigenvalue weighted by Crippen LogP contribution is -2.34. The minimum atomic E-state index is -0.268. The van der Waals surface area contributed by atoms with Crippen molar-refractivity contribution in [1.82, 2.24) is 5.43 Å². The summed E-state index contributed by atoms with van der Waals surface area (Å²) in [5, 5.41) is 0. The number of ether oxygens (including phenoxy) is 1. The van der Waals surface area contributed by atoms with Gasteiger partial charge in [-0.15, -0.1) is 0 Å². The lowest BCUT2D eigenvalue weighted by molar-refractivity contribution is 0.357. The molecule has 0 radical (unpaired) electrons. The van der Waals surface area contributed by atoms with E-state index in [4.69, 9.17) is 10.6 Å². The van der Waals surface area contributed by atoms with Crippen LogP contribution in [0.3, 0.4) is 0 Å². The maximum atomic E-state index is 13.9. The number of hydrogen-bond donors (Lipinski definition) is 2. The molecule has 0 heterocycles. The fourth-order valence-corrected chi connectivity index (χ4v) is 2.02. The highest BCUT2D eigenvalue weighted by Gasteiger charge is 2.45. The Hall–Kier alpha value is -1.13. The van der Waals surface area contributed by atoms with Gasteiger partial charge < -0.3 is 4.74 Å². The van der Waals surface area contributed by atoms with E-state index in [2.05, 4.69) is 12.3 Å². The largest absolute Gasteiger partial charge is 0.497 e. The molecular weight excluding hydrogens is 207 g/mol. The number of halogens is 1. The van der Waals surface area contributed by atoms with Gasteiger partial charge in [0.25, 0.3) is 0 Å². The van der Waals surface area contributed by atoms with E-state index < -0.39 is 0 Å². The maximum Gasteiger partial charge on any atom is 0.131 e. The maximum absolute atomic E-state index is 13.9. The Balaban J connectivity index is 2.31. The van der Waals surface area contributed by atoms with E-state index >= 15 is 0 Å². The smallest absolute Gasteiger partial charge is 0.131 e. The van der Waals surface area contributed by atoms with Crippen LogP contribution in [0.4, 0.5) is 4.39 Å². The molecule has 16 heavy (non-hydrogen) atoms. The molecule has 1 atom stereocenters. The number of hydrogen-bond acceptors (Lipinski definition) is 3.